The molecular weight excluding hydrogens is 492 g/mol. The molecule has 1 aliphatic heterocycles. The summed E-state index contributed by atoms with van der Waals surface area (Å²) in [6.07, 6.45) is 1.50. The molecule has 0 spiro atoms. The fourth-order valence-electron chi connectivity index (χ4n) is 4.22. The van der Waals surface area contributed by atoms with Gasteiger partial charge in [-0.25, -0.2) is 27.2 Å². The average molecular weight is 514 g/mol. The van der Waals surface area contributed by atoms with Gasteiger partial charge in [-0.15, -0.1) is 0 Å². The van der Waals surface area contributed by atoms with Gasteiger partial charge < -0.3 is 9.30 Å². The van der Waals surface area contributed by atoms with Gasteiger partial charge in [-0.05, 0) is 49.7 Å². The molecular formula is C24H21F2N5O4S. The third kappa shape index (κ3) is 3.92. The molecule has 0 fully saturated rings. The van der Waals surface area contributed by atoms with Crippen molar-refractivity contribution in [3.63, 3.8) is 0 Å². The summed E-state index contributed by atoms with van der Waals surface area (Å²) in [6, 6.07) is 9.10. The Morgan fingerprint density at radius 1 is 1.08 bits per heavy atom. The number of nitrogens with zero attached hydrogens (tertiary/aromatic N) is 4. The number of benzene rings is 2. The maximum Gasteiger partial charge on any atom is 0.264 e. The van der Waals surface area contributed by atoms with Gasteiger partial charge in [-0.1, -0.05) is 6.07 Å². The van der Waals surface area contributed by atoms with Crippen LogP contribution in [0.4, 0.5) is 20.4 Å². The zero-order valence-electron chi connectivity index (χ0n) is 19.5. The van der Waals surface area contributed by atoms with Crippen LogP contribution in [0, 0.1) is 11.6 Å². The quantitative estimate of drug-likeness (QED) is 0.419. The first-order chi connectivity index (χ1) is 17.1. The number of halogens is 2. The van der Waals surface area contributed by atoms with Gasteiger partial charge in [0.25, 0.3) is 10.0 Å². The number of imidazole rings is 1. The molecule has 36 heavy (non-hydrogen) atoms. The highest BCUT2D eigenvalue weighted by Gasteiger charge is 2.32. The number of hydrogen-bond acceptors (Lipinski definition) is 6. The number of ether oxygens (including phenoxy) is 1. The van der Waals surface area contributed by atoms with E-state index < -0.39 is 26.6 Å². The molecule has 0 aliphatic carbocycles. The van der Waals surface area contributed by atoms with Gasteiger partial charge >= 0.3 is 0 Å². The summed E-state index contributed by atoms with van der Waals surface area (Å²) in [4.78, 5) is 22.1. The SMILES string of the molecule is COc1ncc(-c2ccc3c(c2)nc2n3CC(=O)N2C(C)C)cc1NS(=O)(=O)c1ccc(F)cc1F. The van der Waals surface area contributed by atoms with E-state index in [4.69, 9.17) is 4.74 Å². The summed E-state index contributed by atoms with van der Waals surface area (Å²) < 4.78 is 62.3. The fourth-order valence-corrected chi connectivity index (χ4v) is 5.33. The number of sulfonamides is 1. The number of anilines is 2. The van der Waals surface area contributed by atoms with Gasteiger partial charge in [0.05, 0.1) is 18.1 Å². The average Bonchev–Trinajstić information content (AvgIpc) is 3.31. The lowest BCUT2D eigenvalue weighted by Crippen LogP contribution is -2.33. The van der Waals surface area contributed by atoms with Crippen LogP contribution in [0.25, 0.3) is 22.2 Å². The molecule has 0 saturated carbocycles. The fraction of sp³-hybridized carbons (Fsp3) is 0.208. The Morgan fingerprint density at radius 2 is 1.86 bits per heavy atom. The predicted molar refractivity (Wildman–Crippen MR) is 129 cm³/mol. The van der Waals surface area contributed by atoms with Crippen molar-refractivity contribution in [2.75, 3.05) is 16.7 Å². The Balaban J connectivity index is 1.53. The topological polar surface area (TPSA) is 106 Å². The highest BCUT2D eigenvalue weighted by Crippen LogP contribution is 2.34. The molecule has 0 radical (unpaired) electrons. The summed E-state index contributed by atoms with van der Waals surface area (Å²) in [6.45, 7) is 4.04. The van der Waals surface area contributed by atoms with Crippen LogP contribution in [-0.2, 0) is 21.4 Å². The molecule has 0 bridgehead atoms. The largest absolute Gasteiger partial charge is 0.480 e. The van der Waals surface area contributed by atoms with Gasteiger partial charge in [0, 0.05) is 23.9 Å². The predicted octanol–water partition coefficient (Wildman–Crippen LogP) is 3.94. The number of methoxy groups -OCH3 is 1. The molecule has 5 rings (SSSR count). The van der Waals surface area contributed by atoms with Crippen LogP contribution in [0.2, 0.25) is 0 Å². The summed E-state index contributed by atoms with van der Waals surface area (Å²) in [5.41, 5.74) is 2.65. The number of rotatable bonds is 6. The molecule has 2 aromatic heterocycles. The third-order valence-corrected chi connectivity index (χ3v) is 7.23. The van der Waals surface area contributed by atoms with E-state index in [0.717, 1.165) is 17.6 Å². The van der Waals surface area contributed by atoms with Crippen molar-refractivity contribution in [2.45, 2.75) is 31.3 Å². The van der Waals surface area contributed by atoms with E-state index >= 15 is 0 Å². The Bertz CT molecular complexity index is 1640. The van der Waals surface area contributed by atoms with E-state index in [1.807, 2.05) is 30.5 Å². The van der Waals surface area contributed by atoms with Crippen molar-refractivity contribution in [3.8, 4) is 17.0 Å². The molecule has 0 atom stereocenters. The van der Waals surface area contributed by atoms with Crippen molar-refractivity contribution in [1.29, 1.82) is 0 Å². The minimum atomic E-state index is -4.41. The van der Waals surface area contributed by atoms with Crippen LogP contribution in [0.5, 0.6) is 5.88 Å². The lowest BCUT2D eigenvalue weighted by atomic mass is 10.1. The van der Waals surface area contributed by atoms with Crippen LogP contribution < -0.4 is 14.4 Å². The number of amides is 1. The number of hydrogen-bond donors (Lipinski definition) is 1. The second-order valence-corrected chi connectivity index (χ2v) is 10.2. The number of carbonyl (C=O) groups is 1. The van der Waals surface area contributed by atoms with Gasteiger partial charge in [0.2, 0.25) is 17.7 Å². The van der Waals surface area contributed by atoms with E-state index in [2.05, 4.69) is 14.7 Å². The Labute approximate surface area is 205 Å². The van der Waals surface area contributed by atoms with Gasteiger partial charge in [-0.3, -0.25) is 14.4 Å². The maximum absolute atomic E-state index is 14.2. The lowest BCUT2D eigenvalue weighted by molar-refractivity contribution is -0.118. The Kier molecular flexibility index (Phi) is 5.62. The van der Waals surface area contributed by atoms with Crippen molar-refractivity contribution in [3.05, 3.63) is 60.3 Å². The number of aromatic nitrogens is 3. The summed E-state index contributed by atoms with van der Waals surface area (Å²) in [5.74, 6) is -1.60. The molecule has 3 heterocycles. The van der Waals surface area contributed by atoms with Crippen LogP contribution in [0.3, 0.4) is 0 Å². The molecule has 1 amide bonds. The summed E-state index contributed by atoms with van der Waals surface area (Å²) in [5, 5.41) is 0. The second kappa shape index (κ2) is 8.55. The Morgan fingerprint density at radius 3 is 2.56 bits per heavy atom. The number of nitrogens with one attached hydrogen (secondary N) is 1. The van der Waals surface area contributed by atoms with Crippen LogP contribution in [0.1, 0.15) is 13.8 Å². The molecule has 1 N–H and O–H groups in total. The third-order valence-electron chi connectivity index (χ3n) is 5.83. The van der Waals surface area contributed by atoms with E-state index in [0.29, 0.717) is 28.7 Å². The zero-order chi connectivity index (χ0) is 25.8. The highest BCUT2D eigenvalue weighted by molar-refractivity contribution is 7.92. The van der Waals surface area contributed by atoms with Crippen molar-refractivity contribution < 1.29 is 26.7 Å². The van der Waals surface area contributed by atoms with Crippen LogP contribution in [-0.4, -0.2) is 42.0 Å². The minimum Gasteiger partial charge on any atom is -0.480 e. The standard InChI is InChI=1S/C24H21F2N5O4S/c1-13(2)31-22(32)12-30-20-6-4-14(8-18(20)28-24(30)31)15-9-19(23(35-3)27-11-15)29-36(33,34)21-7-5-16(25)10-17(21)26/h4-11,13,29H,12H2,1-3H3. The van der Waals surface area contributed by atoms with Crippen LogP contribution in [0.15, 0.2) is 53.6 Å². The van der Waals surface area contributed by atoms with Crippen molar-refractivity contribution in [2.24, 2.45) is 0 Å². The zero-order valence-corrected chi connectivity index (χ0v) is 20.3. The summed E-state index contributed by atoms with van der Waals surface area (Å²) in [7, 11) is -3.09. The van der Waals surface area contributed by atoms with Crippen molar-refractivity contribution in [1.82, 2.24) is 14.5 Å². The highest BCUT2D eigenvalue weighted by atomic mass is 32.2. The number of carbonyl (C=O) groups excluding carboxylic acids is 1. The first-order valence-electron chi connectivity index (χ1n) is 10.9. The number of fused-ring (bicyclic) bond motifs is 3. The molecule has 12 heteroatoms. The van der Waals surface area contributed by atoms with E-state index in [-0.39, 0.29) is 30.1 Å². The van der Waals surface area contributed by atoms with Gasteiger partial charge in [-0.2, -0.15) is 0 Å². The molecule has 4 aromatic rings. The molecule has 0 unspecified atom stereocenters. The minimum absolute atomic E-state index is 0.0210. The van der Waals surface area contributed by atoms with Crippen LogP contribution >= 0.6 is 0 Å². The first-order valence-corrected chi connectivity index (χ1v) is 12.4. The normalized spacial score (nSPS) is 13.5. The molecule has 2 aromatic carbocycles. The van der Waals surface area contributed by atoms with Gasteiger partial charge in [0.15, 0.2) is 0 Å². The molecule has 0 saturated heterocycles. The smallest absolute Gasteiger partial charge is 0.264 e. The molecule has 1 aliphatic rings. The monoisotopic (exact) mass is 513 g/mol. The van der Waals surface area contributed by atoms with Gasteiger partial charge in [0.1, 0.15) is 28.8 Å². The maximum atomic E-state index is 14.2. The molecule has 186 valence electrons. The van der Waals surface area contributed by atoms with E-state index in [1.165, 1.54) is 19.4 Å². The number of pyridine rings is 1. The second-order valence-electron chi connectivity index (χ2n) is 8.52. The Hall–Kier alpha value is -4.06. The lowest BCUT2D eigenvalue weighted by Gasteiger charge is -2.18. The van der Waals surface area contributed by atoms with Crippen molar-refractivity contribution >= 4 is 38.6 Å². The first kappa shape index (κ1) is 23.7. The van der Waals surface area contributed by atoms with E-state index in [9.17, 15) is 22.0 Å². The van der Waals surface area contributed by atoms with E-state index in [1.54, 1.807) is 11.0 Å². The molecule has 9 nitrogen and oxygen atoms in total. The summed E-state index contributed by atoms with van der Waals surface area (Å²) >= 11 is 0.